The van der Waals surface area contributed by atoms with Gasteiger partial charge in [0.2, 0.25) is 11.8 Å². The number of esters is 1. The molecule has 4 rings (SSSR count). The molecule has 9 heteroatoms. The zero-order chi connectivity index (χ0) is 25.7. The third-order valence-corrected chi connectivity index (χ3v) is 6.28. The number of ether oxygens (including phenoxy) is 2. The number of halogens is 1. The number of nitrogens with one attached hydrogen (secondary N) is 1. The SMILES string of the molecule is COc1cccc(N2C[C@@H](C(=O)Nc3ccc(C(=O)OCC(=O)c4ccc(Br)cc4)cc3)CC2=O)c1. The summed E-state index contributed by atoms with van der Waals surface area (Å²) in [6.45, 7) is -0.118. The molecule has 184 valence electrons. The molecule has 1 atom stereocenters. The number of benzene rings is 3. The van der Waals surface area contributed by atoms with E-state index in [1.807, 2.05) is 0 Å². The maximum Gasteiger partial charge on any atom is 0.338 e. The lowest BCUT2D eigenvalue weighted by molar-refractivity contribution is -0.122. The minimum absolute atomic E-state index is 0.0971. The lowest BCUT2D eigenvalue weighted by Crippen LogP contribution is -2.28. The number of hydrogen-bond donors (Lipinski definition) is 1. The van der Waals surface area contributed by atoms with Crippen molar-refractivity contribution in [2.24, 2.45) is 5.92 Å². The van der Waals surface area contributed by atoms with Crippen molar-refractivity contribution in [3.63, 3.8) is 0 Å². The molecule has 0 unspecified atom stereocenters. The molecular formula is C27H23BrN2O6. The normalized spacial score (nSPS) is 14.9. The van der Waals surface area contributed by atoms with E-state index < -0.39 is 11.9 Å². The van der Waals surface area contributed by atoms with Gasteiger partial charge in [0.15, 0.2) is 12.4 Å². The fourth-order valence-electron chi connectivity index (χ4n) is 3.78. The first-order valence-electron chi connectivity index (χ1n) is 11.2. The first-order chi connectivity index (χ1) is 17.3. The van der Waals surface area contributed by atoms with Gasteiger partial charge in [-0.15, -0.1) is 0 Å². The van der Waals surface area contributed by atoms with Gasteiger partial charge in [0.1, 0.15) is 5.75 Å². The highest BCUT2D eigenvalue weighted by molar-refractivity contribution is 9.10. The number of rotatable bonds is 8. The van der Waals surface area contributed by atoms with Crippen LogP contribution in [0.1, 0.15) is 27.1 Å². The van der Waals surface area contributed by atoms with Crippen molar-refractivity contribution in [3.05, 3.63) is 88.4 Å². The first-order valence-corrected chi connectivity index (χ1v) is 11.9. The van der Waals surface area contributed by atoms with Crippen molar-refractivity contribution in [2.45, 2.75) is 6.42 Å². The van der Waals surface area contributed by atoms with Crippen LogP contribution in [0.4, 0.5) is 11.4 Å². The molecule has 1 N–H and O–H groups in total. The summed E-state index contributed by atoms with van der Waals surface area (Å²) in [5, 5.41) is 2.79. The highest BCUT2D eigenvalue weighted by Crippen LogP contribution is 2.28. The fourth-order valence-corrected chi connectivity index (χ4v) is 4.04. The van der Waals surface area contributed by atoms with Gasteiger partial charge < -0.3 is 19.7 Å². The third-order valence-electron chi connectivity index (χ3n) is 5.75. The standard InChI is InChI=1S/C27H23BrN2O6/c1-35-23-4-2-3-22(14-23)30-15-19(13-25(30)32)26(33)29-21-11-7-18(8-12-21)27(34)36-16-24(31)17-5-9-20(28)10-6-17/h2-12,14,19H,13,15-16H2,1H3,(H,29,33)/t19-/m0/s1. The van der Waals surface area contributed by atoms with Crippen molar-refractivity contribution in [3.8, 4) is 5.75 Å². The van der Waals surface area contributed by atoms with E-state index in [4.69, 9.17) is 9.47 Å². The average Bonchev–Trinajstić information content (AvgIpc) is 3.29. The molecule has 0 spiro atoms. The molecule has 3 aromatic carbocycles. The van der Waals surface area contributed by atoms with Gasteiger partial charge in [-0.25, -0.2) is 4.79 Å². The Bertz CT molecular complexity index is 1290. The lowest BCUT2D eigenvalue weighted by atomic mass is 10.1. The number of nitrogens with zero attached hydrogens (tertiary/aromatic N) is 1. The second-order valence-corrected chi connectivity index (χ2v) is 9.10. The Morgan fingerprint density at radius 1 is 1.00 bits per heavy atom. The molecule has 0 saturated carbocycles. The van der Waals surface area contributed by atoms with Gasteiger partial charge in [-0.1, -0.05) is 34.1 Å². The summed E-state index contributed by atoms with van der Waals surface area (Å²) in [5.74, 6) is -1.27. The molecule has 2 amide bonds. The molecule has 1 aliphatic heterocycles. The molecule has 0 radical (unpaired) electrons. The number of carbonyl (C=O) groups excluding carboxylic acids is 4. The molecule has 0 bridgehead atoms. The summed E-state index contributed by atoms with van der Waals surface area (Å²) in [5.41, 5.74) is 1.85. The van der Waals surface area contributed by atoms with Crippen LogP contribution in [-0.4, -0.2) is 43.8 Å². The van der Waals surface area contributed by atoms with Crippen LogP contribution in [0.25, 0.3) is 0 Å². The van der Waals surface area contributed by atoms with E-state index in [-0.39, 0.29) is 42.7 Å². The van der Waals surface area contributed by atoms with E-state index >= 15 is 0 Å². The molecule has 36 heavy (non-hydrogen) atoms. The number of anilines is 2. The number of methoxy groups -OCH3 is 1. The van der Waals surface area contributed by atoms with Gasteiger partial charge in [-0.05, 0) is 48.5 Å². The molecule has 3 aromatic rings. The summed E-state index contributed by atoms with van der Waals surface area (Å²) in [7, 11) is 1.55. The van der Waals surface area contributed by atoms with E-state index in [1.165, 1.54) is 12.1 Å². The van der Waals surface area contributed by atoms with E-state index in [9.17, 15) is 19.2 Å². The van der Waals surface area contributed by atoms with Crippen LogP contribution in [0.5, 0.6) is 5.75 Å². The lowest BCUT2D eigenvalue weighted by Gasteiger charge is -2.17. The monoisotopic (exact) mass is 550 g/mol. The summed E-state index contributed by atoms with van der Waals surface area (Å²) in [6, 6.07) is 20.0. The summed E-state index contributed by atoms with van der Waals surface area (Å²) in [6.07, 6.45) is 0.0971. The van der Waals surface area contributed by atoms with Gasteiger partial charge in [0.25, 0.3) is 0 Å². The van der Waals surface area contributed by atoms with Crippen LogP contribution < -0.4 is 15.0 Å². The minimum atomic E-state index is -0.645. The maximum atomic E-state index is 12.8. The minimum Gasteiger partial charge on any atom is -0.497 e. The van der Waals surface area contributed by atoms with Crippen molar-refractivity contribution < 1.29 is 28.7 Å². The molecule has 1 aliphatic rings. The zero-order valence-corrected chi connectivity index (χ0v) is 21.0. The Morgan fingerprint density at radius 3 is 2.39 bits per heavy atom. The van der Waals surface area contributed by atoms with Gasteiger partial charge in [0.05, 0.1) is 18.6 Å². The predicted molar refractivity (Wildman–Crippen MR) is 137 cm³/mol. The number of amides is 2. The smallest absolute Gasteiger partial charge is 0.338 e. The zero-order valence-electron chi connectivity index (χ0n) is 19.4. The highest BCUT2D eigenvalue weighted by atomic mass is 79.9. The molecule has 0 aromatic heterocycles. The van der Waals surface area contributed by atoms with E-state index in [2.05, 4.69) is 21.2 Å². The average molecular weight is 551 g/mol. The first kappa shape index (κ1) is 25.1. The number of carbonyl (C=O) groups is 4. The second-order valence-electron chi connectivity index (χ2n) is 8.18. The van der Waals surface area contributed by atoms with Crippen LogP contribution in [0.15, 0.2) is 77.3 Å². The predicted octanol–water partition coefficient (Wildman–Crippen LogP) is 4.49. The largest absolute Gasteiger partial charge is 0.497 e. The molecule has 0 aliphatic carbocycles. The Morgan fingerprint density at radius 2 is 1.69 bits per heavy atom. The molecular weight excluding hydrogens is 528 g/mol. The Labute approximate surface area is 216 Å². The summed E-state index contributed by atoms with van der Waals surface area (Å²) < 4.78 is 11.2. The van der Waals surface area contributed by atoms with E-state index in [0.717, 1.165) is 4.47 Å². The molecule has 1 fully saturated rings. The Kier molecular flexibility index (Phi) is 7.80. The molecule has 8 nitrogen and oxygen atoms in total. The van der Waals surface area contributed by atoms with Crippen LogP contribution in [0.2, 0.25) is 0 Å². The van der Waals surface area contributed by atoms with E-state index in [1.54, 1.807) is 72.7 Å². The Balaban J connectivity index is 1.30. The fraction of sp³-hybridized carbons (Fsp3) is 0.185. The van der Waals surface area contributed by atoms with Gasteiger partial charge >= 0.3 is 5.97 Å². The van der Waals surface area contributed by atoms with E-state index in [0.29, 0.717) is 22.7 Å². The maximum absolute atomic E-state index is 12.8. The third kappa shape index (κ3) is 5.98. The van der Waals surface area contributed by atoms with Gasteiger partial charge in [0, 0.05) is 40.4 Å². The molecule has 1 saturated heterocycles. The van der Waals surface area contributed by atoms with Crippen molar-refractivity contribution in [1.29, 1.82) is 0 Å². The van der Waals surface area contributed by atoms with Crippen molar-refractivity contribution >= 4 is 50.9 Å². The van der Waals surface area contributed by atoms with Crippen LogP contribution >= 0.6 is 15.9 Å². The quantitative estimate of drug-likeness (QED) is 0.327. The number of hydrogen-bond acceptors (Lipinski definition) is 6. The Hall–Kier alpha value is -3.98. The number of Topliss-reactive ketones (excluding diaryl/α,β-unsaturated/α-hetero) is 1. The summed E-state index contributed by atoms with van der Waals surface area (Å²) >= 11 is 3.30. The van der Waals surface area contributed by atoms with Gasteiger partial charge in [-0.3, -0.25) is 14.4 Å². The second kappa shape index (κ2) is 11.2. The topological polar surface area (TPSA) is 102 Å². The van der Waals surface area contributed by atoms with Crippen molar-refractivity contribution in [1.82, 2.24) is 0 Å². The molecule has 1 heterocycles. The van der Waals surface area contributed by atoms with Crippen LogP contribution in [0, 0.1) is 5.92 Å². The summed E-state index contributed by atoms with van der Waals surface area (Å²) in [4.78, 5) is 51.3. The highest BCUT2D eigenvalue weighted by Gasteiger charge is 2.35. The van der Waals surface area contributed by atoms with Crippen LogP contribution in [0.3, 0.4) is 0 Å². The van der Waals surface area contributed by atoms with Crippen molar-refractivity contribution in [2.75, 3.05) is 30.5 Å². The number of ketones is 1. The van der Waals surface area contributed by atoms with Gasteiger partial charge in [-0.2, -0.15) is 0 Å². The van der Waals surface area contributed by atoms with Crippen LogP contribution in [-0.2, 0) is 14.3 Å².